The van der Waals surface area contributed by atoms with Crippen molar-refractivity contribution in [2.45, 2.75) is 13.8 Å². The second-order valence-corrected chi connectivity index (χ2v) is 5.68. The molecule has 0 saturated heterocycles. The molecule has 24 heavy (non-hydrogen) atoms. The lowest BCUT2D eigenvalue weighted by Crippen LogP contribution is -2.29. The Balaban J connectivity index is 1.57. The normalized spacial score (nSPS) is 10.8. The van der Waals surface area contributed by atoms with Crippen LogP contribution in [0.1, 0.15) is 22.0 Å². The maximum atomic E-state index is 12.1. The van der Waals surface area contributed by atoms with Crippen molar-refractivity contribution < 1.29 is 9.53 Å². The van der Waals surface area contributed by atoms with Gasteiger partial charge in [0, 0.05) is 16.4 Å². The van der Waals surface area contributed by atoms with Crippen molar-refractivity contribution in [1.82, 2.24) is 24.9 Å². The van der Waals surface area contributed by atoms with E-state index >= 15 is 0 Å². The minimum absolute atomic E-state index is 0.0858. The summed E-state index contributed by atoms with van der Waals surface area (Å²) < 4.78 is 7.06. The van der Waals surface area contributed by atoms with E-state index in [1.54, 1.807) is 28.8 Å². The Morgan fingerprint density at radius 1 is 1.25 bits per heavy atom. The van der Waals surface area contributed by atoms with Gasteiger partial charge in [-0.25, -0.2) is 9.50 Å². The van der Waals surface area contributed by atoms with Crippen LogP contribution in [0.2, 0.25) is 5.02 Å². The highest BCUT2D eigenvalue weighted by Gasteiger charge is 2.14. The molecule has 7 nitrogen and oxygen atoms in total. The van der Waals surface area contributed by atoms with Gasteiger partial charge in [-0.05, 0) is 44.2 Å². The number of fused-ring (bicyclic) bond motifs is 1. The van der Waals surface area contributed by atoms with Crippen LogP contribution in [0.3, 0.4) is 0 Å². The van der Waals surface area contributed by atoms with E-state index in [1.807, 2.05) is 19.9 Å². The number of aromatic nitrogens is 4. The van der Waals surface area contributed by atoms with Crippen LogP contribution in [-0.4, -0.2) is 38.6 Å². The van der Waals surface area contributed by atoms with Crippen molar-refractivity contribution in [3.63, 3.8) is 0 Å². The maximum Gasteiger partial charge on any atom is 0.291 e. The summed E-state index contributed by atoms with van der Waals surface area (Å²) in [6.07, 6.45) is 0. The predicted octanol–water partition coefficient (Wildman–Crippen LogP) is 2.20. The van der Waals surface area contributed by atoms with Gasteiger partial charge in [-0.15, -0.1) is 5.10 Å². The van der Waals surface area contributed by atoms with Crippen molar-refractivity contribution in [2.24, 2.45) is 0 Å². The highest BCUT2D eigenvalue weighted by atomic mass is 35.5. The zero-order valence-electron chi connectivity index (χ0n) is 13.3. The number of benzene rings is 1. The number of carbonyl (C=O) groups is 1. The molecule has 124 valence electrons. The van der Waals surface area contributed by atoms with Crippen molar-refractivity contribution in [3.8, 4) is 5.75 Å². The van der Waals surface area contributed by atoms with Gasteiger partial charge in [0.25, 0.3) is 11.7 Å². The number of nitrogens with zero attached hydrogens (tertiary/aromatic N) is 4. The first-order valence-electron chi connectivity index (χ1n) is 7.40. The highest BCUT2D eigenvalue weighted by molar-refractivity contribution is 6.30. The molecule has 2 heterocycles. The second-order valence-electron chi connectivity index (χ2n) is 5.24. The predicted molar refractivity (Wildman–Crippen MR) is 89.5 cm³/mol. The fourth-order valence-corrected chi connectivity index (χ4v) is 2.33. The van der Waals surface area contributed by atoms with E-state index in [9.17, 15) is 4.79 Å². The molecule has 1 N–H and O–H groups in total. The summed E-state index contributed by atoms with van der Waals surface area (Å²) in [5.41, 5.74) is 1.70. The van der Waals surface area contributed by atoms with Crippen LogP contribution in [0.5, 0.6) is 5.75 Å². The number of aryl methyl sites for hydroxylation is 2. The van der Waals surface area contributed by atoms with Gasteiger partial charge in [-0.3, -0.25) is 4.79 Å². The topological polar surface area (TPSA) is 81.4 Å². The van der Waals surface area contributed by atoms with Gasteiger partial charge < -0.3 is 10.1 Å². The van der Waals surface area contributed by atoms with Gasteiger partial charge >= 0.3 is 0 Å². The monoisotopic (exact) mass is 345 g/mol. The molecule has 1 aromatic carbocycles. The van der Waals surface area contributed by atoms with Crippen molar-refractivity contribution in [2.75, 3.05) is 13.2 Å². The Kier molecular flexibility index (Phi) is 4.61. The Morgan fingerprint density at radius 2 is 2.00 bits per heavy atom. The van der Waals surface area contributed by atoms with E-state index in [0.717, 1.165) is 11.4 Å². The molecule has 8 heteroatoms. The highest BCUT2D eigenvalue weighted by Crippen LogP contribution is 2.15. The van der Waals surface area contributed by atoms with Crippen LogP contribution < -0.4 is 10.1 Å². The first-order chi connectivity index (χ1) is 11.5. The van der Waals surface area contributed by atoms with Crippen LogP contribution in [0.15, 0.2) is 30.3 Å². The lowest BCUT2D eigenvalue weighted by molar-refractivity contribution is 0.0937. The number of halogens is 1. The van der Waals surface area contributed by atoms with Crippen molar-refractivity contribution >= 4 is 23.3 Å². The number of ether oxygens (including phenoxy) is 1. The molecule has 3 aromatic rings. The standard InChI is InChI=1S/C16H16ClN5O2/c1-10-9-11(2)22-16(19-10)20-14(21-22)15(23)18-7-8-24-13-5-3-12(17)4-6-13/h3-6,9H,7-8H2,1-2H3,(H,18,23). The Hall–Kier alpha value is -2.67. The third-order valence-electron chi connectivity index (χ3n) is 3.29. The average molecular weight is 346 g/mol. The van der Waals surface area contributed by atoms with E-state index in [2.05, 4.69) is 20.4 Å². The molecule has 0 spiro atoms. The first kappa shape index (κ1) is 16.2. The fraction of sp³-hybridized carbons (Fsp3) is 0.250. The van der Waals surface area contributed by atoms with Crippen LogP contribution in [-0.2, 0) is 0 Å². The van der Waals surface area contributed by atoms with Crippen molar-refractivity contribution in [3.05, 3.63) is 52.6 Å². The van der Waals surface area contributed by atoms with Crippen molar-refractivity contribution in [1.29, 1.82) is 0 Å². The number of hydrogen-bond acceptors (Lipinski definition) is 5. The molecule has 0 unspecified atom stereocenters. The summed E-state index contributed by atoms with van der Waals surface area (Å²) in [5.74, 6) is 0.824. The molecule has 0 aliphatic carbocycles. The summed E-state index contributed by atoms with van der Waals surface area (Å²) in [4.78, 5) is 20.5. The third kappa shape index (κ3) is 3.62. The first-order valence-corrected chi connectivity index (χ1v) is 7.78. The SMILES string of the molecule is Cc1cc(C)n2nc(C(=O)NCCOc3ccc(Cl)cc3)nc2n1. The zero-order valence-corrected chi connectivity index (χ0v) is 14.0. The lowest BCUT2D eigenvalue weighted by atomic mass is 10.3. The molecular formula is C16H16ClN5O2. The molecule has 0 fully saturated rings. The minimum Gasteiger partial charge on any atom is -0.492 e. The molecule has 0 saturated carbocycles. The summed E-state index contributed by atoms with van der Waals surface area (Å²) >= 11 is 5.80. The smallest absolute Gasteiger partial charge is 0.291 e. The number of rotatable bonds is 5. The Morgan fingerprint density at radius 3 is 2.75 bits per heavy atom. The molecule has 1 amide bonds. The van der Waals surface area contributed by atoms with E-state index in [4.69, 9.17) is 16.3 Å². The number of hydrogen-bond donors (Lipinski definition) is 1. The fourth-order valence-electron chi connectivity index (χ4n) is 2.21. The summed E-state index contributed by atoms with van der Waals surface area (Å²) in [6.45, 7) is 4.42. The molecule has 2 aromatic heterocycles. The molecular weight excluding hydrogens is 330 g/mol. The Bertz CT molecular complexity index is 876. The summed E-state index contributed by atoms with van der Waals surface area (Å²) in [6, 6.07) is 8.90. The number of carbonyl (C=O) groups excluding carboxylic acids is 1. The van der Waals surface area contributed by atoms with Gasteiger partial charge in [-0.2, -0.15) is 4.98 Å². The number of amides is 1. The molecule has 0 bridgehead atoms. The quantitative estimate of drug-likeness (QED) is 0.717. The van der Waals surface area contributed by atoms with Crippen LogP contribution in [0.25, 0.3) is 5.78 Å². The minimum atomic E-state index is -0.364. The molecule has 0 radical (unpaired) electrons. The van der Waals surface area contributed by atoms with Gasteiger partial charge in [0.1, 0.15) is 12.4 Å². The summed E-state index contributed by atoms with van der Waals surface area (Å²) in [7, 11) is 0. The molecule has 0 aliphatic rings. The van der Waals surface area contributed by atoms with Gasteiger partial charge in [0.05, 0.1) is 6.54 Å². The Labute approximate surface area is 143 Å². The van der Waals surface area contributed by atoms with Gasteiger partial charge in [-0.1, -0.05) is 11.6 Å². The van der Waals surface area contributed by atoms with E-state index < -0.39 is 0 Å². The van der Waals surface area contributed by atoms with E-state index in [-0.39, 0.29) is 11.7 Å². The summed E-state index contributed by atoms with van der Waals surface area (Å²) in [5, 5.41) is 7.54. The van der Waals surface area contributed by atoms with E-state index in [1.165, 1.54) is 0 Å². The molecule has 0 aliphatic heterocycles. The van der Waals surface area contributed by atoms with Crippen LogP contribution in [0, 0.1) is 13.8 Å². The zero-order chi connectivity index (χ0) is 17.1. The largest absolute Gasteiger partial charge is 0.492 e. The molecule has 3 rings (SSSR count). The second kappa shape index (κ2) is 6.84. The van der Waals surface area contributed by atoms with Gasteiger partial charge in [0.15, 0.2) is 0 Å². The maximum absolute atomic E-state index is 12.1. The molecule has 0 atom stereocenters. The van der Waals surface area contributed by atoms with Crippen LogP contribution in [0.4, 0.5) is 0 Å². The van der Waals surface area contributed by atoms with Crippen LogP contribution >= 0.6 is 11.6 Å². The number of nitrogens with one attached hydrogen (secondary N) is 1. The third-order valence-corrected chi connectivity index (χ3v) is 3.54. The van der Waals surface area contributed by atoms with E-state index in [0.29, 0.717) is 29.7 Å². The average Bonchev–Trinajstić information content (AvgIpc) is 2.97. The van der Waals surface area contributed by atoms with Gasteiger partial charge in [0.2, 0.25) is 5.82 Å². The lowest BCUT2D eigenvalue weighted by Gasteiger charge is -2.06.